The van der Waals surface area contributed by atoms with Gasteiger partial charge in [0, 0.05) is 18.6 Å². The number of fused-ring (bicyclic) bond motifs is 1. The zero-order valence-electron chi connectivity index (χ0n) is 17.4. The number of nitrogens with zero attached hydrogens (tertiary/aromatic N) is 2. The molecule has 0 saturated heterocycles. The summed E-state index contributed by atoms with van der Waals surface area (Å²) in [7, 11) is 1.71. The van der Waals surface area contributed by atoms with E-state index in [2.05, 4.69) is 23.1 Å². The summed E-state index contributed by atoms with van der Waals surface area (Å²) in [6.45, 7) is 5.57. The number of rotatable bonds is 6. The highest BCUT2D eigenvalue weighted by Gasteiger charge is 2.50. The van der Waals surface area contributed by atoms with Gasteiger partial charge in [0.05, 0.1) is 18.7 Å². The van der Waals surface area contributed by atoms with Crippen LogP contribution in [0.15, 0.2) is 30.3 Å². The third-order valence-corrected chi connectivity index (χ3v) is 6.23. The molecule has 5 heteroatoms. The molecule has 2 aliphatic rings. The van der Waals surface area contributed by atoms with E-state index in [0.29, 0.717) is 12.1 Å². The largest absolute Gasteiger partial charge is 0.497 e. The Morgan fingerprint density at radius 3 is 2.52 bits per heavy atom. The third-order valence-electron chi connectivity index (χ3n) is 6.23. The van der Waals surface area contributed by atoms with Crippen LogP contribution >= 0.6 is 0 Å². The van der Waals surface area contributed by atoms with E-state index >= 15 is 0 Å². The highest BCUT2D eigenvalue weighted by molar-refractivity contribution is 5.47. The molecular weight excluding hydrogens is 364 g/mol. The van der Waals surface area contributed by atoms with Crippen molar-refractivity contribution < 1.29 is 14.6 Å². The fourth-order valence-electron chi connectivity index (χ4n) is 4.51. The van der Waals surface area contributed by atoms with Crippen molar-refractivity contribution in [1.29, 1.82) is 5.26 Å². The van der Waals surface area contributed by atoms with Gasteiger partial charge in [-0.2, -0.15) is 5.26 Å². The second-order valence-corrected chi connectivity index (χ2v) is 8.43. The summed E-state index contributed by atoms with van der Waals surface area (Å²) < 4.78 is 11.3. The maximum absolute atomic E-state index is 10.7. The minimum Gasteiger partial charge on any atom is -0.497 e. The molecule has 1 aliphatic heterocycles. The lowest BCUT2D eigenvalue weighted by Crippen LogP contribution is -2.47. The predicted molar refractivity (Wildman–Crippen MR) is 111 cm³/mol. The van der Waals surface area contributed by atoms with Gasteiger partial charge in [-0.1, -0.05) is 6.07 Å². The van der Waals surface area contributed by atoms with E-state index in [1.54, 1.807) is 7.11 Å². The van der Waals surface area contributed by atoms with Gasteiger partial charge in [0.15, 0.2) is 0 Å². The van der Waals surface area contributed by atoms with Crippen LogP contribution in [0.2, 0.25) is 0 Å². The second kappa shape index (κ2) is 7.70. The molecule has 0 radical (unpaired) electrons. The highest BCUT2D eigenvalue weighted by atomic mass is 16.5. The molecule has 29 heavy (non-hydrogen) atoms. The van der Waals surface area contributed by atoms with Crippen LogP contribution in [0.25, 0.3) is 0 Å². The Labute approximate surface area is 172 Å². The molecule has 1 N–H and O–H groups in total. The lowest BCUT2D eigenvalue weighted by molar-refractivity contribution is 0.0371. The van der Waals surface area contributed by atoms with E-state index in [1.165, 1.54) is 24.0 Å². The summed E-state index contributed by atoms with van der Waals surface area (Å²) in [6, 6.07) is 12.1. The van der Waals surface area contributed by atoms with Gasteiger partial charge in [-0.25, -0.2) is 0 Å². The summed E-state index contributed by atoms with van der Waals surface area (Å²) in [4.78, 5) is 2.42. The number of benzene rings is 2. The van der Waals surface area contributed by atoms with Crippen molar-refractivity contribution >= 4 is 0 Å². The second-order valence-electron chi connectivity index (χ2n) is 8.43. The van der Waals surface area contributed by atoms with E-state index in [1.807, 2.05) is 32.0 Å². The molecule has 1 atom stereocenters. The first-order valence-electron chi connectivity index (χ1n) is 10.2. The first kappa shape index (κ1) is 19.8. The number of β-amino-alcohol motifs (C(OH)–C–C–N with tert-alkyl or cyclic N) is 1. The van der Waals surface area contributed by atoms with Gasteiger partial charge < -0.3 is 14.6 Å². The lowest BCUT2D eigenvalue weighted by atomic mass is 9.91. The molecule has 2 aromatic rings. The van der Waals surface area contributed by atoms with Crippen molar-refractivity contribution in [3.05, 3.63) is 58.1 Å². The normalized spacial score (nSPS) is 18.0. The first-order valence-corrected chi connectivity index (χ1v) is 10.2. The SMILES string of the molecule is COc1ccc2c(c1)CC1(CC1)N(CC(O)COc1c(C)cc(C#N)cc1C)C2. The van der Waals surface area contributed by atoms with E-state index in [9.17, 15) is 5.11 Å². The van der Waals surface area contributed by atoms with E-state index in [0.717, 1.165) is 35.6 Å². The molecule has 4 rings (SSSR count). The summed E-state index contributed by atoms with van der Waals surface area (Å²) in [6.07, 6.45) is 2.79. The lowest BCUT2D eigenvalue weighted by Gasteiger charge is -2.38. The van der Waals surface area contributed by atoms with Crippen LogP contribution in [0.1, 0.15) is 40.7 Å². The number of hydrogen-bond acceptors (Lipinski definition) is 5. The highest BCUT2D eigenvalue weighted by Crippen LogP contribution is 2.48. The molecule has 152 valence electrons. The van der Waals surface area contributed by atoms with Gasteiger partial charge >= 0.3 is 0 Å². The average Bonchev–Trinajstić information content (AvgIpc) is 3.47. The standard InChI is InChI=1S/C24H28N2O3/c1-16-8-18(12-25)9-17(2)23(16)29-15-21(27)14-26-13-19-4-5-22(28-3)10-20(19)11-24(26)6-7-24/h4-5,8-10,21,27H,6-7,11,13-15H2,1-3H3. The number of nitriles is 1. The minimum atomic E-state index is -0.568. The molecule has 5 nitrogen and oxygen atoms in total. The van der Waals surface area contributed by atoms with Gasteiger partial charge in [0.25, 0.3) is 0 Å². The molecule has 0 amide bonds. The Kier molecular flexibility index (Phi) is 5.24. The maximum Gasteiger partial charge on any atom is 0.125 e. The molecule has 1 fully saturated rings. The fourth-order valence-corrected chi connectivity index (χ4v) is 4.51. The van der Waals surface area contributed by atoms with E-state index in [-0.39, 0.29) is 12.1 Å². The Balaban J connectivity index is 1.41. The molecular formula is C24H28N2O3. The smallest absolute Gasteiger partial charge is 0.125 e. The first-order chi connectivity index (χ1) is 13.9. The van der Waals surface area contributed by atoms with Crippen LogP contribution < -0.4 is 9.47 Å². The number of methoxy groups -OCH3 is 1. The quantitative estimate of drug-likeness (QED) is 0.815. The van der Waals surface area contributed by atoms with Crippen LogP contribution in [-0.2, 0) is 13.0 Å². The molecule has 0 bridgehead atoms. The predicted octanol–water partition coefficient (Wildman–Crippen LogP) is 3.51. The number of hydrogen-bond donors (Lipinski definition) is 1. The molecule has 2 aromatic carbocycles. The minimum absolute atomic E-state index is 0.181. The Bertz CT molecular complexity index is 936. The molecule has 1 unspecified atom stereocenters. The number of ether oxygens (including phenoxy) is 2. The van der Waals surface area contributed by atoms with Crippen LogP contribution in [0.4, 0.5) is 0 Å². The van der Waals surface area contributed by atoms with Crippen LogP contribution in [0.3, 0.4) is 0 Å². The number of aliphatic hydroxyl groups excluding tert-OH is 1. The molecule has 1 spiro atoms. The average molecular weight is 392 g/mol. The van der Waals surface area contributed by atoms with Crippen molar-refractivity contribution in [3.63, 3.8) is 0 Å². The van der Waals surface area contributed by atoms with Crippen molar-refractivity contribution in [3.8, 4) is 17.6 Å². The zero-order chi connectivity index (χ0) is 20.6. The van der Waals surface area contributed by atoms with E-state index in [4.69, 9.17) is 14.7 Å². The van der Waals surface area contributed by atoms with Crippen LogP contribution in [-0.4, -0.2) is 41.9 Å². The summed E-state index contributed by atoms with van der Waals surface area (Å²) in [5.41, 5.74) is 5.34. The van der Waals surface area contributed by atoms with Crippen molar-refractivity contribution in [2.24, 2.45) is 0 Å². The van der Waals surface area contributed by atoms with Crippen molar-refractivity contribution in [2.45, 2.75) is 51.3 Å². The Morgan fingerprint density at radius 1 is 1.17 bits per heavy atom. The maximum atomic E-state index is 10.7. The number of aliphatic hydroxyl groups is 1. The van der Waals surface area contributed by atoms with Gasteiger partial charge in [0.2, 0.25) is 0 Å². The fraction of sp³-hybridized carbons (Fsp3) is 0.458. The monoisotopic (exact) mass is 392 g/mol. The van der Waals surface area contributed by atoms with Crippen molar-refractivity contribution in [2.75, 3.05) is 20.3 Å². The third kappa shape index (κ3) is 3.96. The van der Waals surface area contributed by atoms with Gasteiger partial charge in [-0.05, 0) is 79.6 Å². The van der Waals surface area contributed by atoms with Crippen LogP contribution in [0, 0.1) is 25.2 Å². The molecule has 1 aliphatic carbocycles. The van der Waals surface area contributed by atoms with Gasteiger partial charge in [-0.15, -0.1) is 0 Å². The van der Waals surface area contributed by atoms with Crippen LogP contribution in [0.5, 0.6) is 11.5 Å². The van der Waals surface area contributed by atoms with Crippen molar-refractivity contribution in [1.82, 2.24) is 4.90 Å². The van der Waals surface area contributed by atoms with Gasteiger partial charge in [0.1, 0.15) is 24.2 Å². The topological polar surface area (TPSA) is 65.7 Å². The summed E-state index contributed by atoms with van der Waals surface area (Å²) in [5, 5.41) is 19.8. The summed E-state index contributed by atoms with van der Waals surface area (Å²) in [5.74, 6) is 1.68. The number of aryl methyl sites for hydroxylation is 2. The van der Waals surface area contributed by atoms with E-state index < -0.39 is 6.10 Å². The zero-order valence-corrected chi connectivity index (χ0v) is 17.4. The van der Waals surface area contributed by atoms with Gasteiger partial charge in [-0.3, -0.25) is 4.90 Å². The summed E-state index contributed by atoms with van der Waals surface area (Å²) >= 11 is 0. The molecule has 1 saturated carbocycles. The Hall–Kier alpha value is -2.55. The molecule has 1 heterocycles. The Morgan fingerprint density at radius 2 is 1.90 bits per heavy atom. The molecule has 0 aromatic heterocycles.